The predicted molar refractivity (Wildman–Crippen MR) is 139 cm³/mol. The molecule has 4 aromatic rings. The highest BCUT2D eigenvalue weighted by Gasteiger charge is 2.26. The van der Waals surface area contributed by atoms with Gasteiger partial charge >= 0.3 is 0 Å². The molecule has 0 bridgehead atoms. The molecule has 0 N–H and O–H groups in total. The number of amides is 1. The fourth-order valence-electron chi connectivity index (χ4n) is 3.71. The SMILES string of the molecule is CCN(CC)CCN(C(=O)c1cc2cccc(OC)c2o1)c1nc2c(C)ccc(Cl)c2s1.Cl. The van der Waals surface area contributed by atoms with Crippen LogP contribution >= 0.6 is 35.3 Å². The monoisotopic (exact) mass is 507 g/mol. The summed E-state index contributed by atoms with van der Waals surface area (Å²) in [7, 11) is 1.59. The highest BCUT2D eigenvalue weighted by molar-refractivity contribution is 7.23. The minimum Gasteiger partial charge on any atom is -0.493 e. The van der Waals surface area contributed by atoms with E-state index in [4.69, 9.17) is 25.7 Å². The average molecular weight is 508 g/mol. The van der Waals surface area contributed by atoms with Gasteiger partial charge in [-0.2, -0.15) is 0 Å². The zero-order valence-electron chi connectivity index (χ0n) is 19.1. The van der Waals surface area contributed by atoms with Crippen molar-refractivity contribution in [2.75, 3.05) is 38.2 Å². The number of fused-ring (bicyclic) bond motifs is 2. The number of carbonyl (C=O) groups is 1. The van der Waals surface area contributed by atoms with Crippen molar-refractivity contribution in [1.82, 2.24) is 9.88 Å². The van der Waals surface area contributed by atoms with Gasteiger partial charge in [-0.05, 0) is 43.8 Å². The van der Waals surface area contributed by atoms with Crippen molar-refractivity contribution in [2.45, 2.75) is 20.8 Å². The molecule has 4 rings (SSSR count). The second-order valence-corrected chi connectivity index (χ2v) is 8.90. The van der Waals surface area contributed by atoms with E-state index in [9.17, 15) is 4.79 Å². The summed E-state index contributed by atoms with van der Waals surface area (Å²) in [6, 6.07) is 11.2. The first-order chi connectivity index (χ1) is 15.5. The lowest BCUT2D eigenvalue weighted by Gasteiger charge is -2.24. The van der Waals surface area contributed by atoms with E-state index in [2.05, 4.69) is 18.7 Å². The summed E-state index contributed by atoms with van der Waals surface area (Å²) in [5.41, 5.74) is 2.41. The lowest BCUT2D eigenvalue weighted by molar-refractivity contribution is 0.0959. The Labute approximate surface area is 208 Å². The van der Waals surface area contributed by atoms with E-state index in [-0.39, 0.29) is 24.1 Å². The first-order valence-electron chi connectivity index (χ1n) is 10.6. The Balaban J connectivity index is 0.00000306. The molecule has 0 aliphatic heterocycles. The summed E-state index contributed by atoms with van der Waals surface area (Å²) in [6.07, 6.45) is 0. The first-order valence-corrected chi connectivity index (χ1v) is 11.8. The molecule has 6 nitrogen and oxygen atoms in total. The molecule has 2 heterocycles. The van der Waals surface area contributed by atoms with Crippen LogP contribution in [0.25, 0.3) is 21.2 Å². The summed E-state index contributed by atoms with van der Waals surface area (Å²) in [4.78, 5) is 22.4. The predicted octanol–water partition coefficient (Wildman–Crippen LogP) is 6.42. The van der Waals surface area contributed by atoms with E-state index < -0.39 is 0 Å². The third kappa shape index (κ3) is 4.96. The maximum absolute atomic E-state index is 13.7. The van der Waals surface area contributed by atoms with Crippen LogP contribution in [-0.4, -0.2) is 49.1 Å². The van der Waals surface area contributed by atoms with Gasteiger partial charge in [-0.3, -0.25) is 9.69 Å². The summed E-state index contributed by atoms with van der Waals surface area (Å²) in [6.45, 7) is 9.26. The van der Waals surface area contributed by atoms with Gasteiger partial charge in [-0.1, -0.05) is 55.0 Å². The molecule has 0 fully saturated rings. The molecule has 0 saturated carbocycles. The Morgan fingerprint density at radius 2 is 1.94 bits per heavy atom. The van der Waals surface area contributed by atoms with Crippen molar-refractivity contribution >= 4 is 67.6 Å². The van der Waals surface area contributed by atoms with Gasteiger partial charge in [0, 0.05) is 18.5 Å². The van der Waals surface area contributed by atoms with E-state index in [1.54, 1.807) is 18.1 Å². The van der Waals surface area contributed by atoms with Crippen molar-refractivity contribution in [3.05, 3.63) is 52.7 Å². The molecule has 0 aliphatic carbocycles. The zero-order chi connectivity index (χ0) is 22.8. The molecule has 0 atom stereocenters. The maximum Gasteiger partial charge on any atom is 0.295 e. The molecule has 176 valence electrons. The Hall–Kier alpha value is -2.32. The molecule has 0 aliphatic rings. The number of carbonyl (C=O) groups excluding carboxylic acids is 1. The number of nitrogens with zero attached hydrogens (tertiary/aromatic N) is 3. The zero-order valence-corrected chi connectivity index (χ0v) is 21.4. The Kier molecular flexibility index (Phi) is 8.23. The van der Waals surface area contributed by atoms with Gasteiger partial charge < -0.3 is 14.1 Å². The molecule has 1 amide bonds. The fourth-order valence-corrected chi connectivity index (χ4v) is 5.05. The van der Waals surface area contributed by atoms with Crippen LogP contribution in [0.3, 0.4) is 0 Å². The van der Waals surface area contributed by atoms with E-state index >= 15 is 0 Å². The summed E-state index contributed by atoms with van der Waals surface area (Å²) in [5, 5.41) is 2.07. The second kappa shape index (κ2) is 10.7. The van der Waals surface area contributed by atoms with Crippen molar-refractivity contribution < 1.29 is 13.9 Å². The van der Waals surface area contributed by atoms with E-state index in [1.165, 1.54) is 11.3 Å². The lowest BCUT2D eigenvalue weighted by atomic mass is 10.2. The normalized spacial score (nSPS) is 11.2. The molecule has 0 saturated heterocycles. The molecule has 9 heteroatoms. The third-order valence-corrected chi connectivity index (χ3v) is 7.17. The molecular weight excluding hydrogens is 481 g/mol. The fraction of sp³-hybridized carbons (Fsp3) is 0.333. The first kappa shape index (κ1) is 25.3. The highest BCUT2D eigenvalue weighted by atomic mass is 35.5. The van der Waals surface area contributed by atoms with Crippen LogP contribution in [0.1, 0.15) is 30.0 Å². The summed E-state index contributed by atoms with van der Waals surface area (Å²) in [5.74, 6) is 0.619. The van der Waals surface area contributed by atoms with E-state index in [0.717, 1.165) is 40.8 Å². The quantitative estimate of drug-likeness (QED) is 0.275. The van der Waals surface area contributed by atoms with Crippen LogP contribution in [-0.2, 0) is 0 Å². The van der Waals surface area contributed by atoms with E-state index in [1.807, 2.05) is 37.3 Å². The molecule has 0 radical (unpaired) electrons. The number of halogens is 2. The molecule has 0 spiro atoms. The number of thiazole rings is 1. The Morgan fingerprint density at radius 1 is 1.18 bits per heavy atom. The molecule has 33 heavy (non-hydrogen) atoms. The number of furan rings is 1. The number of ether oxygens (including phenoxy) is 1. The molecule has 2 aromatic heterocycles. The Bertz CT molecular complexity index is 1230. The number of aromatic nitrogens is 1. The number of hydrogen-bond donors (Lipinski definition) is 0. The van der Waals surface area contributed by atoms with Gasteiger partial charge in [0.2, 0.25) is 0 Å². The number of methoxy groups -OCH3 is 1. The van der Waals surface area contributed by atoms with Crippen LogP contribution in [0.5, 0.6) is 5.75 Å². The third-order valence-electron chi connectivity index (χ3n) is 5.63. The number of aryl methyl sites for hydroxylation is 1. The van der Waals surface area contributed by atoms with Gasteiger partial charge in [0.05, 0.1) is 22.3 Å². The van der Waals surface area contributed by atoms with Crippen LogP contribution in [0.2, 0.25) is 5.02 Å². The lowest BCUT2D eigenvalue weighted by Crippen LogP contribution is -2.38. The van der Waals surface area contributed by atoms with Gasteiger partial charge in [0.15, 0.2) is 22.2 Å². The summed E-state index contributed by atoms with van der Waals surface area (Å²) >= 11 is 7.86. The number of rotatable bonds is 8. The van der Waals surface area contributed by atoms with Gasteiger partial charge in [-0.15, -0.1) is 12.4 Å². The van der Waals surface area contributed by atoms with Crippen LogP contribution in [0, 0.1) is 6.92 Å². The average Bonchev–Trinajstić information content (AvgIpc) is 3.44. The van der Waals surface area contributed by atoms with Gasteiger partial charge in [0.1, 0.15) is 0 Å². The minimum absolute atomic E-state index is 0. The Morgan fingerprint density at radius 3 is 2.61 bits per heavy atom. The van der Waals surface area contributed by atoms with Crippen LogP contribution in [0.15, 0.2) is 40.8 Å². The molecule has 2 aromatic carbocycles. The number of likely N-dealkylation sites (N-methyl/N-ethyl adjacent to an activating group) is 1. The van der Waals surface area contributed by atoms with Crippen molar-refractivity contribution in [1.29, 1.82) is 0 Å². The standard InChI is InChI=1S/C24H26ClN3O3S.ClH/c1-5-27(6-2)12-13-28(24-26-20-15(3)10-11-17(25)22(20)32-24)23(29)19-14-16-8-7-9-18(30-4)21(16)31-19;/h7-11,14H,5-6,12-13H2,1-4H3;1H. The van der Waals surface area contributed by atoms with Crippen LogP contribution in [0.4, 0.5) is 5.13 Å². The van der Waals surface area contributed by atoms with Gasteiger partial charge in [0.25, 0.3) is 5.91 Å². The number of benzene rings is 2. The minimum atomic E-state index is -0.233. The topological polar surface area (TPSA) is 58.8 Å². The van der Waals surface area contributed by atoms with Gasteiger partial charge in [-0.25, -0.2) is 4.98 Å². The molecule has 0 unspecified atom stereocenters. The largest absolute Gasteiger partial charge is 0.493 e. The number of para-hydroxylation sites is 1. The van der Waals surface area contributed by atoms with Crippen molar-refractivity contribution in [3.8, 4) is 5.75 Å². The number of anilines is 1. The van der Waals surface area contributed by atoms with Crippen molar-refractivity contribution in [2.24, 2.45) is 0 Å². The second-order valence-electron chi connectivity index (χ2n) is 7.51. The highest BCUT2D eigenvalue weighted by Crippen LogP contribution is 2.37. The van der Waals surface area contributed by atoms with Crippen LogP contribution < -0.4 is 9.64 Å². The van der Waals surface area contributed by atoms with E-state index in [0.29, 0.717) is 28.0 Å². The number of hydrogen-bond acceptors (Lipinski definition) is 6. The van der Waals surface area contributed by atoms with Crippen molar-refractivity contribution in [3.63, 3.8) is 0 Å². The summed E-state index contributed by atoms with van der Waals surface area (Å²) < 4.78 is 12.2. The molecular formula is C24H27Cl2N3O3S. The smallest absolute Gasteiger partial charge is 0.295 e. The maximum atomic E-state index is 13.7.